The first-order chi connectivity index (χ1) is 13.3. The van der Waals surface area contributed by atoms with Crippen LogP contribution in [0, 0.1) is 0 Å². The van der Waals surface area contributed by atoms with Crippen molar-refractivity contribution in [1.29, 1.82) is 0 Å². The first-order valence-electron chi connectivity index (χ1n) is 9.06. The van der Waals surface area contributed by atoms with E-state index in [1.54, 1.807) is 24.5 Å². The van der Waals surface area contributed by atoms with Crippen LogP contribution in [0.1, 0.15) is 41.6 Å². The van der Waals surface area contributed by atoms with Crippen LogP contribution < -0.4 is 0 Å². The van der Waals surface area contributed by atoms with Crippen LogP contribution in [0.4, 0.5) is 0 Å². The zero-order valence-electron chi connectivity index (χ0n) is 14.6. The first kappa shape index (κ1) is 15.9. The van der Waals surface area contributed by atoms with Crippen molar-refractivity contribution < 1.29 is 13.7 Å². The Morgan fingerprint density at radius 3 is 2.93 bits per heavy atom. The fourth-order valence-corrected chi connectivity index (χ4v) is 3.65. The Morgan fingerprint density at radius 2 is 2.07 bits per heavy atom. The maximum absolute atomic E-state index is 13.1. The minimum atomic E-state index is -0.151. The zero-order chi connectivity index (χ0) is 18.2. The maximum Gasteiger partial charge on any atom is 0.276 e. The van der Waals surface area contributed by atoms with Crippen molar-refractivity contribution in [2.45, 2.75) is 25.3 Å². The van der Waals surface area contributed by atoms with Crippen molar-refractivity contribution in [2.75, 3.05) is 6.54 Å². The van der Waals surface area contributed by atoms with Crippen LogP contribution in [0.2, 0.25) is 0 Å². The highest BCUT2D eigenvalue weighted by atomic mass is 16.5. The van der Waals surface area contributed by atoms with Gasteiger partial charge >= 0.3 is 0 Å². The molecular weight excluding hydrogens is 344 g/mol. The van der Waals surface area contributed by atoms with Gasteiger partial charge in [0.1, 0.15) is 5.82 Å². The van der Waals surface area contributed by atoms with Crippen LogP contribution in [0.3, 0.4) is 0 Å². The van der Waals surface area contributed by atoms with Gasteiger partial charge in [0.25, 0.3) is 5.91 Å². The number of imidazole rings is 1. The Morgan fingerprint density at radius 1 is 1.15 bits per heavy atom. The van der Waals surface area contributed by atoms with E-state index >= 15 is 0 Å². The largest absolute Gasteiger partial charge is 0.461 e. The number of rotatable bonds is 3. The number of carbonyl (C=O) groups is 1. The number of hydrogen-bond acceptors (Lipinski definition) is 5. The number of fused-ring (bicyclic) bond motifs is 1. The van der Waals surface area contributed by atoms with Gasteiger partial charge in [-0.2, -0.15) is 0 Å². The number of aromatic nitrogens is 3. The minimum absolute atomic E-state index is 0.0950. The number of likely N-dealkylation sites (tertiary alicyclic amines) is 1. The molecule has 1 fully saturated rings. The SMILES string of the molecule is O=C(c1cc(-c2ccco2)on1)N1CCCC[C@H]1c1nc2ccccc2[nH]1. The van der Waals surface area contributed by atoms with E-state index in [1.807, 2.05) is 29.2 Å². The molecule has 1 atom stereocenters. The molecule has 0 unspecified atom stereocenters. The molecule has 7 nitrogen and oxygen atoms in total. The number of piperidine rings is 1. The smallest absolute Gasteiger partial charge is 0.276 e. The molecular formula is C20H18N4O3. The van der Waals surface area contributed by atoms with Crippen LogP contribution in [0.25, 0.3) is 22.6 Å². The highest BCUT2D eigenvalue weighted by molar-refractivity contribution is 5.93. The van der Waals surface area contributed by atoms with Gasteiger partial charge < -0.3 is 18.8 Å². The summed E-state index contributed by atoms with van der Waals surface area (Å²) in [7, 11) is 0. The summed E-state index contributed by atoms with van der Waals surface area (Å²) in [6, 6.07) is 13.0. The molecule has 0 spiro atoms. The summed E-state index contributed by atoms with van der Waals surface area (Å²) in [6.45, 7) is 0.670. The van der Waals surface area contributed by atoms with Crippen LogP contribution in [-0.2, 0) is 0 Å². The van der Waals surface area contributed by atoms with Crippen LogP contribution in [0.5, 0.6) is 0 Å². The molecule has 0 radical (unpaired) electrons. The second kappa shape index (κ2) is 6.42. The molecule has 0 bridgehead atoms. The predicted octanol–water partition coefficient (Wildman–Crippen LogP) is 4.18. The average molecular weight is 362 g/mol. The summed E-state index contributed by atoms with van der Waals surface area (Å²) >= 11 is 0. The molecule has 4 heterocycles. The molecule has 1 saturated heterocycles. The molecule has 27 heavy (non-hydrogen) atoms. The van der Waals surface area contributed by atoms with Crippen LogP contribution >= 0.6 is 0 Å². The van der Waals surface area contributed by atoms with Crippen molar-refractivity contribution in [3.8, 4) is 11.5 Å². The second-order valence-electron chi connectivity index (χ2n) is 6.70. The van der Waals surface area contributed by atoms with Gasteiger partial charge in [0.05, 0.1) is 23.3 Å². The molecule has 0 saturated carbocycles. The lowest BCUT2D eigenvalue weighted by atomic mass is 10.0. The molecule has 1 N–H and O–H groups in total. The highest BCUT2D eigenvalue weighted by Crippen LogP contribution is 2.32. The number of furan rings is 1. The van der Waals surface area contributed by atoms with Crippen molar-refractivity contribution >= 4 is 16.9 Å². The number of amides is 1. The lowest BCUT2D eigenvalue weighted by Crippen LogP contribution is -2.39. The quantitative estimate of drug-likeness (QED) is 0.591. The summed E-state index contributed by atoms with van der Waals surface area (Å²) in [4.78, 5) is 23.0. The Kier molecular flexibility index (Phi) is 3.78. The van der Waals surface area contributed by atoms with Gasteiger partial charge in [0, 0.05) is 12.6 Å². The maximum atomic E-state index is 13.1. The first-order valence-corrected chi connectivity index (χ1v) is 9.06. The average Bonchev–Trinajstić information content (AvgIpc) is 3.47. The summed E-state index contributed by atoms with van der Waals surface area (Å²) < 4.78 is 10.6. The number of hydrogen-bond donors (Lipinski definition) is 1. The summed E-state index contributed by atoms with van der Waals surface area (Å²) in [6.07, 6.45) is 4.45. The van der Waals surface area contributed by atoms with E-state index in [9.17, 15) is 4.79 Å². The van der Waals surface area contributed by atoms with Gasteiger partial charge in [0.15, 0.2) is 11.5 Å². The molecule has 3 aromatic heterocycles. The monoisotopic (exact) mass is 362 g/mol. The highest BCUT2D eigenvalue weighted by Gasteiger charge is 2.32. The molecule has 7 heteroatoms. The van der Waals surface area contributed by atoms with Gasteiger partial charge in [-0.25, -0.2) is 4.98 Å². The van der Waals surface area contributed by atoms with E-state index in [2.05, 4.69) is 10.1 Å². The third-order valence-corrected chi connectivity index (χ3v) is 4.98. The number of para-hydroxylation sites is 2. The fourth-order valence-electron chi connectivity index (χ4n) is 3.65. The number of aromatic amines is 1. The molecule has 0 aliphatic carbocycles. The van der Waals surface area contributed by atoms with E-state index < -0.39 is 0 Å². The lowest BCUT2D eigenvalue weighted by Gasteiger charge is -2.33. The van der Waals surface area contributed by atoms with Gasteiger partial charge in [-0.3, -0.25) is 4.79 Å². The summed E-state index contributed by atoms with van der Waals surface area (Å²) in [5, 5.41) is 3.96. The molecule has 136 valence electrons. The molecule has 1 amide bonds. The number of H-pyrrole nitrogens is 1. The van der Waals surface area contributed by atoms with Gasteiger partial charge in [-0.15, -0.1) is 0 Å². The van der Waals surface area contributed by atoms with E-state index in [4.69, 9.17) is 13.9 Å². The van der Waals surface area contributed by atoms with Crippen LogP contribution in [-0.4, -0.2) is 32.5 Å². The zero-order valence-corrected chi connectivity index (χ0v) is 14.6. The molecule has 4 aromatic rings. The Hall–Kier alpha value is -3.35. The van der Waals surface area contributed by atoms with Crippen LogP contribution in [0.15, 0.2) is 57.7 Å². The van der Waals surface area contributed by atoms with E-state index in [1.165, 1.54) is 0 Å². The molecule has 1 aliphatic rings. The molecule has 1 aliphatic heterocycles. The molecule has 5 rings (SSSR count). The second-order valence-corrected chi connectivity index (χ2v) is 6.70. The lowest BCUT2D eigenvalue weighted by molar-refractivity contribution is 0.0591. The Balaban J connectivity index is 1.45. The normalized spacial score (nSPS) is 17.5. The minimum Gasteiger partial charge on any atom is -0.461 e. The third kappa shape index (κ3) is 2.81. The summed E-state index contributed by atoms with van der Waals surface area (Å²) in [5.41, 5.74) is 2.17. The van der Waals surface area contributed by atoms with Crippen molar-refractivity contribution in [2.24, 2.45) is 0 Å². The van der Waals surface area contributed by atoms with Crippen molar-refractivity contribution in [3.05, 3.63) is 60.2 Å². The Labute approximate surface area is 155 Å². The number of nitrogens with zero attached hydrogens (tertiary/aromatic N) is 3. The molecule has 1 aromatic carbocycles. The van der Waals surface area contributed by atoms with Gasteiger partial charge in [0.2, 0.25) is 5.76 Å². The van der Waals surface area contributed by atoms with Gasteiger partial charge in [-0.05, 0) is 43.5 Å². The number of benzene rings is 1. The standard InChI is InChI=1S/C20H18N4O3/c25-20(15-12-18(27-23-15)17-9-5-11-26-17)24-10-4-3-8-16(24)19-21-13-6-1-2-7-14(13)22-19/h1-2,5-7,9,11-12,16H,3-4,8,10H2,(H,21,22)/t16-/m0/s1. The summed E-state index contributed by atoms with van der Waals surface area (Å²) in [5.74, 6) is 1.66. The Bertz CT molecular complexity index is 1050. The number of carbonyl (C=O) groups excluding carboxylic acids is 1. The third-order valence-electron chi connectivity index (χ3n) is 4.98. The van der Waals surface area contributed by atoms with E-state index in [-0.39, 0.29) is 17.6 Å². The van der Waals surface area contributed by atoms with E-state index in [0.717, 1.165) is 36.1 Å². The van der Waals surface area contributed by atoms with E-state index in [0.29, 0.717) is 18.1 Å². The number of nitrogens with one attached hydrogen (secondary N) is 1. The topological polar surface area (TPSA) is 88.2 Å². The predicted molar refractivity (Wildman–Crippen MR) is 97.9 cm³/mol. The van der Waals surface area contributed by atoms with Crippen molar-refractivity contribution in [1.82, 2.24) is 20.0 Å². The fraction of sp³-hybridized carbons (Fsp3) is 0.250. The van der Waals surface area contributed by atoms with Gasteiger partial charge in [-0.1, -0.05) is 17.3 Å². The van der Waals surface area contributed by atoms with Crippen molar-refractivity contribution in [3.63, 3.8) is 0 Å².